The van der Waals surface area contributed by atoms with E-state index >= 15 is 0 Å². The van der Waals surface area contributed by atoms with Crippen molar-refractivity contribution in [1.29, 1.82) is 0 Å². The van der Waals surface area contributed by atoms with Crippen LogP contribution in [0.1, 0.15) is 12.3 Å². The quantitative estimate of drug-likeness (QED) is 0.492. The molecule has 3 rings (SSSR count). The van der Waals surface area contributed by atoms with Gasteiger partial charge in [0.1, 0.15) is 11.5 Å². The van der Waals surface area contributed by atoms with E-state index in [1.807, 2.05) is 36.4 Å². The number of benzene rings is 2. The van der Waals surface area contributed by atoms with Crippen LogP contribution in [0.4, 0.5) is 0 Å². The maximum absolute atomic E-state index is 12.4. The van der Waals surface area contributed by atoms with Gasteiger partial charge in [-0.2, -0.15) is 4.98 Å². The average molecular weight is 413 g/mol. The SMILES string of the molecule is COc1ccc(-c2noc(CN(C)C(=O)CCSc3ccccc3)n2)c(OC)c1. The molecule has 8 heteroatoms. The molecule has 0 saturated heterocycles. The summed E-state index contributed by atoms with van der Waals surface area (Å²) >= 11 is 1.66. The van der Waals surface area contributed by atoms with Crippen molar-refractivity contribution in [2.75, 3.05) is 27.0 Å². The fourth-order valence-corrected chi connectivity index (χ4v) is 3.53. The van der Waals surface area contributed by atoms with Crippen LogP contribution in [0.3, 0.4) is 0 Å². The lowest BCUT2D eigenvalue weighted by atomic mass is 10.2. The smallest absolute Gasteiger partial charge is 0.246 e. The van der Waals surface area contributed by atoms with E-state index < -0.39 is 0 Å². The first-order chi connectivity index (χ1) is 14.1. The zero-order chi connectivity index (χ0) is 20.6. The molecule has 0 spiro atoms. The molecule has 0 saturated carbocycles. The minimum atomic E-state index is 0.0233. The molecule has 2 aromatic carbocycles. The van der Waals surface area contributed by atoms with Crippen molar-refractivity contribution in [3.05, 3.63) is 54.4 Å². The number of carbonyl (C=O) groups is 1. The lowest BCUT2D eigenvalue weighted by Gasteiger charge is -2.14. The predicted molar refractivity (Wildman–Crippen MR) is 111 cm³/mol. The fourth-order valence-electron chi connectivity index (χ4n) is 2.67. The molecule has 0 aliphatic rings. The molecule has 0 atom stereocenters. The van der Waals surface area contributed by atoms with Gasteiger partial charge in [0.25, 0.3) is 0 Å². The normalized spacial score (nSPS) is 10.6. The molecule has 1 heterocycles. The summed E-state index contributed by atoms with van der Waals surface area (Å²) < 4.78 is 15.9. The average Bonchev–Trinajstić information content (AvgIpc) is 3.22. The summed E-state index contributed by atoms with van der Waals surface area (Å²) in [5.74, 6) is 2.76. The Labute approximate surface area is 174 Å². The Bertz CT molecular complexity index is 946. The van der Waals surface area contributed by atoms with E-state index in [9.17, 15) is 4.79 Å². The van der Waals surface area contributed by atoms with E-state index in [2.05, 4.69) is 10.1 Å². The number of thioether (sulfide) groups is 1. The Kier molecular flexibility index (Phi) is 7.13. The molecule has 0 unspecified atom stereocenters. The molecular weight excluding hydrogens is 390 g/mol. The number of hydrogen-bond donors (Lipinski definition) is 0. The monoisotopic (exact) mass is 413 g/mol. The zero-order valence-electron chi connectivity index (χ0n) is 16.6. The molecule has 0 N–H and O–H groups in total. The van der Waals surface area contributed by atoms with Crippen molar-refractivity contribution in [2.45, 2.75) is 17.9 Å². The highest BCUT2D eigenvalue weighted by Gasteiger charge is 2.17. The van der Waals surface area contributed by atoms with Crippen molar-refractivity contribution in [1.82, 2.24) is 15.0 Å². The summed E-state index contributed by atoms with van der Waals surface area (Å²) in [5, 5.41) is 4.02. The molecule has 0 aliphatic heterocycles. The summed E-state index contributed by atoms with van der Waals surface area (Å²) in [6.07, 6.45) is 0.434. The molecule has 1 amide bonds. The second-order valence-electron chi connectivity index (χ2n) is 6.24. The van der Waals surface area contributed by atoms with E-state index in [1.54, 1.807) is 50.1 Å². The van der Waals surface area contributed by atoms with Gasteiger partial charge in [-0.25, -0.2) is 0 Å². The van der Waals surface area contributed by atoms with Crippen molar-refractivity contribution in [2.24, 2.45) is 0 Å². The number of rotatable bonds is 9. The van der Waals surface area contributed by atoms with Gasteiger partial charge in [0.15, 0.2) is 0 Å². The summed E-state index contributed by atoms with van der Waals surface area (Å²) in [6.45, 7) is 0.250. The second-order valence-corrected chi connectivity index (χ2v) is 7.41. The van der Waals surface area contributed by atoms with Gasteiger partial charge in [-0.3, -0.25) is 4.79 Å². The molecule has 3 aromatic rings. The van der Waals surface area contributed by atoms with E-state index in [-0.39, 0.29) is 12.5 Å². The van der Waals surface area contributed by atoms with Crippen molar-refractivity contribution in [3.63, 3.8) is 0 Å². The largest absolute Gasteiger partial charge is 0.497 e. The van der Waals surface area contributed by atoms with Gasteiger partial charge in [0, 0.05) is 30.2 Å². The number of amides is 1. The number of methoxy groups -OCH3 is 2. The van der Waals surface area contributed by atoms with Crippen LogP contribution < -0.4 is 9.47 Å². The molecule has 7 nitrogen and oxygen atoms in total. The maximum atomic E-state index is 12.4. The first-order valence-electron chi connectivity index (χ1n) is 9.07. The van der Waals surface area contributed by atoms with E-state index in [1.165, 1.54) is 0 Å². The minimum Gasteiger partial charge on any atom is -0.497 e. The summed E-state index contributed by atoms with van der Waals surface area (Å²) in [5.41, 5.74) is 0.691. The van der Waals surface area contributed by atoms with Crippen molar-refractivity contribution >= 4 is 17.7 Å². The van der Waals surface area contributed by atoms with Gasteiger partial charge in [0.05, 0.1) is 26.3 Å². The van der Waals surface area contributed by atoms with Crippen LogP contribution in [0.2, 0.25) is 0 Å². The number of hydrogen-bond acceptors (Lipinski definition) is 7. The van der Waals surface area contributed by atoms with Crippen LogP contribution in [0, 0.1) is 0 Å². The van der Waals surface area contributed by atoms with Gasteiger partial charge in [-0.05, 0) is 24.3 Å². The van der Waals surface area contributed by atoms with Crippen molar-refractivity contribution < 1.29 is 18.8 Å². The van der Waals surface area contributed by atoms with E-state index in [0.29, 0.717) is 41.0 Å². The molecule has 0 aliphatic carbocycles. The Morgan fingerprint density at radius 1 is 1.14 bits per heavy atom. The topological polar surface area (TPSA) is 77.7 Å². The lowest BCUT2D eigenvalue weighted by molar-refractivity contribution is -0.130. The maximum Gasteiger partial charge on any atom is 0.246 e. The van der Waals surface area contributed by atoms with Gasteiger partial charge < -0.3 is 18.9 Å². The van der Waals surface area contributed by atoms with Gasteiger partial charge in [0.2, 0.25) is 17.6 Å². The molecular formula is C21H23N3O4S. The Morgan fingerprint density at radius 2 is 1.93 bits per heavy atom. The second kappa shape index (κ2) is 9.97. The van der Waals surface area contributed by atoms with Crippen LogP contribution in [-0.4, -0.2) is 48.0 Å². The number of carbonyl (C=O) groups excluding carboxylic acids is 1. The first-order valence-corrected chi connectivity index (χ1v) is 10.1. The Hall–Kier alpha value is -3.00. The molecule has 0 radical (unpaired) electrons. The molecule has 29 heavy (non-hydrogen) atoms. The molecule has 0 fully saturated rings. The first kappa shape index (κ1) is 20.7. The van der Waals surface area contributed by atoms with Crippen LogP contribution in [0.25, 0.3) is 11.4 Å². The molecule has 0 bridgehead atoms. The van der Waals surface area contributed by atoms with Gasteiger partial charge in [-0.15, -0.1) is 11.8 Å². The summed E-state index contributed by atoms with van der Waals surface area (Å²) in [6, 6.07) is 15.4. The molecule has 1 aromatic heterocycles. The third-order valence-electron chi connectivity index (χ3n) is 4.24. The molecule has 152 valence electrons. The number of ether oxygens (including phenoxy) is 2. The summed E-state index contributed by atoms with van der Waals surface area (Å²) in [4.78, 5) is 19.5. The lowest BCUT2D eigenvalue weighted by Crippen LogP contribution is -2.26. The van der Waals surface area contributed by atoms with Crippen LogP contribution in [0.15, 0.2) is 57.9 Å². The highest BCUT2D eigenvalue weighted by atomic mass is 32.2. The van der Waals surface area contributed by atoms with Gasteiger partial charge in [-0.1, -0.05) is 23.4 Å². The van der Waals surface area contributed by atoms with Crippen LogP contribution >= 0.6 is 11.8 Å². The Morgan fingerprint density at radius 3 is 2.66 bits per heavy atom. The van der Waals surface area contributed by atoms with E-state index in [4.69, 9.17) is 14.0 Å². The van der Waals surface area contributed by atoms with Crippen molar-refractivity contribution in [3.8, 4) is 22.9 Å². The van der Waals surface area contributed by atoms with Crippen LogP contribution in [0.5, 0.6) is 11.5 Å². The number of aromatic nitrogens is 2. The van der Waals surface area contributed by atoms with Crippen LogP contribution in [-0.2, 0) is 11.3 Å². The summed E-state index contributed by atoms with van der Waals surface area (Å²) in [7, 11) is 4.89. The minimum absolute atomic E-state index is 0.0233. The highest BCUT2D eigenvalue weighted by Crippen LogP contribution is 2.31. The zero-order valence-corrected chi connectivity index (χ0v) is 17.4. The number of nitrogens with zero attached hydrogens (tertiary/aromatic N) is 3. The Balaban J connectivity index is 1.57. The highest BCUT2D eigenvalue weighted by molar-refractivity contribution is 7.99. The predicted octanol–water partition coefficient (Wildman–Crippen LogP) is 3.89. The third kappa shape index (κ3) is 5.51. The van der Waals surface area contributed by atoms with E-state index in [0.717, 1.165) is 4.90 Å². The standard InChI is InChI=1S/C21H23N3O4S/c1-24(20(25)11-12-29-16-7-5-4-6-8-16)14-19-22-21(23-28-19)17-10-9-15(26-2)13-18(17)27-3/h4-10,13H,11-12,14H2,1-3H3. The fraction of sp³-hybridized carbons (Fsp3) is 0.286. The van der Waals surface area contributed by atoms with Gasteiger partial charge >= 0.3 is 0 Å². The third-order valence-corrected chi connectivity index (χ3v) is 5.26.